The molecule has 0 aliphatic carbocycles. The Labute approximate surface area is 151 Å². The van der Waals surface area contributed by atoms with Crippen LogP contribution in [0.5, 0.6) is 0 Å². The van der Waals surface area contributed by atoms with E-state index in [1.807, 2.05) is 45.3 Å². The topological polar surface area (TPSA) is 57.3 Å². The SMILES string of the molecule is Cc1ccc(Nc2ccc(C(=O)NCCCN(C)C)nc2)c(Br)c1. The van der Waals surface area contributed by atoms with Gasteiger partial charge in [-0.05, 0) is 79.7 Å². The number of pyridine rings is 1. The minimum Gasteiger partial charge on any atom is -0.353 e. The van der Waals surface area contributed by atoms with Gasteiger partial charge in [0, 0.05) is 11.0 Å². The van der Waals surface area contributed by atoms with Crippen LogP contribution in [0.25, 0.3) is 0 Å². The number of halogens is 1. The van der Waals surface area contributed by atoms with Gasteiger partial charge in [0.2, 0.25) is 0 Å². The summed E-state index contributed by atoms with van der Waals surface area (Å²) in [6.07, 6.45) is 2.58. The molecule has 0 aliphatic heterocycles. The zero-order valence-corrected chi connectivity index (χ0v) is 15.9. The van der Waals surface area contributed by atoms with Crippen LogP contribution in [0, 0.1) is 6.92 Å². The molecule has 0 bridgehead atoms. The van der Waals surface area contributed by atoms with Gasteiger partial charge in [0.1, 0.15) is 5.69 Å². The Morgan fingerprint density at radius 1 is 1.25 bits per heavy atom. The highest BCUT2D eigenvalue weighted by Gasteiger charge is 2.07. The molecule has 1 aromatic heterocycles. The number of carbonyl (C=O) groups excluding carboxylic acids is 1. The minimum atomic E-state index is -0.142. The van der Waals surface area contributed by atoms with Crippen molar-refractivity contribution in [3.05, 3.63) is 52.3 Å². The normalized spacial score (nSPS) is 10.7. The van der Waals surface area contributed by atoms with Gasteiger partial charge in [-0.2, -0.15) is 0 Å². The number of carbonyl (C=O) groups is 1. The first kappa shape index (κ1) is 18.4. The van der Waals surface area contributed by atoms with Crippen LogP contribution in [0.2, 0.25) is 0 Å². The van der Waals surface area contributed by atoms with Crippen molar-refractivity contribution in [1.82, 2.24) is 15.2 Å². The van der Waals surface area contributed by atoms with Gasteiger partial charge in [-0.1, -0.05) is 6.07 Å². The predicted molar refractivity (Wildman–Crippen MR) is 102 cm³/mol. The van der Waals surface area contributed by atoms with Crippen LogP contribution in [0.15, 0.2) is 41.0 Å². The maximum atomic E-state index is 12.0. The largest absolute Gasteiger partial charge is 0.353 e. The van der Waals surface area contributed by atoms with E-state index in [1.165, 1.54) is 5.56 Å². The molecule has 5 nitrogen and oxygen atoms in total. The van der Waals surface area contributed by atoms with Gasteiger partial charge in [0.15, 0.2) is 0 Å². The molecule has 0 aliphatic rings. The lowest BCUT2D eigenvalue weighted by Crippen LogP contribution is -2.27. The number of nitrogens with one attached hydrogen (secondary N) is 2. The Kier molecular flexibility index (Phi) is 6.75. The van der Waals surface area contributed by atoms with Crippen molar-refractivity contribution in [3.8, 4) is 0 Å². The summed E-state index contributed by atoms with van der Waals surface area (Å²) in [5.41, 5.74) is 3.41. The van der Waals surface area contributed by atoms with Crippen molar-refractivity contribution in [1.29, 1.82) is 0 Å². The molecule has 0 saturated carbocycles. The van der Waals surface area contributed by atoms with Gasteiger partial charge in [-0.15, -0.1) is 0 Å². The summed E-state index contributed by atoms with van der Waals surface area (Å²) in [7, 11) is 4.03. The number of amides is 1. The molecule has 128 valence electrons. The third-order valence-electron chi connectivity index (χ3n) is 3.47. The number of hydrogen-bond acceptors (Lipinski definition) is 4. The van der Waals surface area contributed by atoms with Crippen molar-refractivity contribution in [3.63, 3.8) is 0 Å². The Balaban J connectivity index is 1.91. The molecule has 1 aromatic carbocycles. The number of aryl methyl sites for hydroxylation is 1. The molecule has 1 heterocycles. The highest BCUT2D eigenvalue weighted by Crippen LogP contribution is 2.26. The van der Waals surface area contributed by atoms with Gasteiger partial charge in [0.25, 0.3) is 5.91 Å². The fourth-order valence-electron chi connectivity index (χ4n) is 2.17. The summed E-state index contributed by atoms with van der Waals surface area (Å²) in [5, 5.41) is 6.17. The highest BCUT2D eigenvalue weighted by molar-refractivity contribution is 9.10. The van der Waals surface area contributed by atoms with Crippen LogP contribution >= 0.6 is 15.9 Å². The van der Waals surface area contributed by atoms with E-state index in [-0.39, 0.29) is 5.91 Å². The number of rotatable bonds is 7. The lowest BCUT2D eigenvalue weighted by Gasteiger charge is -2.11. The van der Waals surface area contributed by atoms with Crippen LogP contribution < -0.4 is 10.6 Å². The van der Waals surface area contributed by atoms with Gasteiger partial charge in [-0.25, -0.2) is 4.98 Å². The molecule has 0 spiro atoms. The molecule has 2 aromatic rings. The molecule has 0 unspecified atom stereocenters. The van der Waals surface area contributed by atoms with Crippen molar-refractivity contribution in [2.45, 2.75) is 13.3 Å². The van der Waals surface area contributed by atoms with E-state index >= 15 is 0 Å². The van der Waals surface area contributed by atoms with Crippen molar-refractivity contribution in [2.75, 3.05) is 32.5 Å². The van der Waals surface area contributed by atoms with E-state index < -0.39 is 0 Å². The van der Waals surface area contributed by atoms with Crippen LogP contribution in [0.4, 0.5) is 11.4 Å². The molecule has 0 atom stereocenters. The molecule has 0 fully saturated rings. The molecule has 24 heavy (non-hydrogen) atoms. The zero-order valence-electron chi connectivity index (χ0n) is 14.3. The summed E-state index contributed by atoms with van der Waals surface area (Å²) < 4.78 is 0.991. The van der Waals surface area contributed by atoms with Gasteiger partial charge in [0.05, 0.1) is 17.6 Å². The maximum absolute atomic E-state index is 12.0. The Hall–Kier alpha value is -1.92. The van der Waals surface area contributed by atoms with Gasteiger partial charge >= 0.3 is 0 Å². The summed E-state index contributed by atoms with van der Waals surface area (Å²) in [5.74, 6) is -0.142. The Morgan fingerprint density at radius 2 is 2.04 bits per heavy atom. The van der Waals surface area contributed by atoms with E-state index in [1.54, 1.807) is 12.3 Å². The summed E-state index contributed by atoms with van der Waals surface area (Å²) in [4.78, 5) is 18.4. The quantitative estimate of drug-likeness (QED) is 0.709. The standard InChI is InChI=1S/C18H23BrN4O/c1-13-5-7-16(15(19)11-13)22-14-6-8-17(21-12-14)18(24)20-9-4-10-23(2)3/h5-8,11-12,22H,4,9-10H2,1-3H3,(H,20,24). The molecular weight excluding hydrogens is 368 g/mol. The van der Waals surface area contributed by atoms with Crippen molar-refractivity contribution < 1.29 is 4.79 Å². The fourth-order valence-corrected chi connectivity index (χ4v) is 2.76. The molecule has 0 radical (unpaired) electrons. The second-order valence-corrected chi connectivity index (χ2v) is 6.81. The van der Waals surface area contributed by atoms with E-state index in [0.29, 0.717) is 12.2 Å². The third-order valence-corrected chi connectivity index (χ3v) is 4.12. The summed E-state index contributed by atoms with van der Waals surface area (Å²) in [6.45, 7) is 3.64. The van der Waals surface area contributed by atoms with E-state index in [2.05, 4.69) is 36.4 Å². The van der Waals surface area contributed by atoms with E-state index in [4.69, 9.17) is 0 Å². The van der Waals surface area contributed by atoms with Crippen LogP contribution in [-0.2, 0) is 0 Å². The second-order valence-electron chi connectivity index (χ2n) is 5.95. The molecule has 0 saturated heterocycles. The third kappa shape index (κ3) is 5.62. The molecule has 2 rings (SSSR count). The highest BCUT2D eigenvalue weighted by atomic mass is 79.9. The first-order chi connectivity index (χ1) is 11.5. The lowest BCUT2D eigenvalue weighted by atomic mass is 10.2. The fraction of sp³-hybridized carbons (Fsp3) is 0.333. The first-order valence-electron chi connectivity index (χ1n) is 7.88. The minimum absolute atomic E-state index is 0.142. The number of hydrogen-bond donors (Lipinski definition) is 2. The molecule has 6 heteroatoms. The van der Waals surface area contributed by atoms with Crippen LogP contribution in [0.1, 0.15) is 22.5 Å². The number of benzene rings is 1. The average molecular weight is 391 g/mol. The predicted octanol–water partition coefficient (Wildman–Crippen LogP) is 3.58. The number of aromatic nitrogens is 1. The van der Waals surface area contributed by atoms with Crippen LogP contribution in [-0.4, -0.2) is 43.0 Å². The monoisotopic (exact) mass is 390 g/mol. The van der Waals surface area contributed by atoms with Gasteiger partial charge in [-0.3, -0.25) is 4.79 Å². The maximum Gasteiger partial charge on any atom is 0.269 e. The van der Waals surface area contributed by atoms with E-state index in [0.717, 1.165) is 28.8 Å². The lowest BCUT2D eigenvalue weighted by molar-refractivity contribution is 0.0947. The number of anilines is 2. The van der Waals surface area contributed by atoms with E-state index in [9.17, 15) is 4.79 Å². The van der Waals surface area contributed by atoms with Gasteiger partial charge < -0.3 is 15.5 Å². The van der Waals surface area contributed by atoms with Crippen molar-refractivity contribution in [2.24, 2.45) is 0 Å². The Bertz CT molecular complexity index is 686. The average Bonchev–Trinajstić information content (AvgIpc) is 2.54. The first-order valence-corrected chi connectivity index (χ1v) is 8.67. The molecular formula is C18H23BrN4O. The second kappa shape index (κ2) is 8.80. The molecule has 1 amide bonds. The van der Waals surface area contributed by atoms with Crippen molar-refractivity contribution >= 4 is 33.2 Å². The Morgan fingerprint density at radius 3 is 2.67 bits per heavy atom. The van der Waals surface area contributed by atoms with Crippen LogP contribution in [0.3, 0.4) is 0 Å². The summed E-state index contributed by atoms with van der Waals surface area (Å²) in [6, 6.07) is 9.67. The number of nitrogens with zero attached hydrogens (tertiary/aromatic N) is 2. The smallest absolute Gasteiger partial charge is 0.269 e. The summed E-state index contributed by atoms with van der Waals surface area (Å²) >= 11 is 3.54. The zero-order chi connectivity index (χ0) is 17.5. The molecule has 2 N–H and O–H groups in total.